The summed E-state index contributed by atoms with van der Waals surface area (Å²) in [5, 5.41) is 5.63. The van der Waals surface area contributed by atoms with Crippen LogP contribution in [0, 0.1) is 22.6 Å². The van der Waals surface area contributed by atoms with Crippen molar-refractivity contribution in [3.8, 4) is 0 Å². The lowest BCUT2D eigenvalue weighted by Gasteiger charge is -2.37. The quantitative estimate of drug-likeness (QED) is 0.251. The molecule has 0 unspecified atom stereocenters. The van der Waals surface area contributed by atoms with Crippen LogP contribution < -0.4 is 15.4 Å². The number of benzene rings is 2. The van der Waals surface area contributed by atoms with Crippen LogP contribution >= 0.6 is 0 Å². The van der Waals surface area contributed by atoms with Gasteiger partial charge in [0.15, 0.2) is 0 Å². The summed E-state index contributed by atoms with van der Waals surface area (Å²) in [6.45, 7) is 12.2. The summed E-state index contributed by atoms with van der Waals surface area (Å²) in [6, 6.07) is 9.94. The van der Waals surface area contributed by atoms with Gasteiger partial charge in [-0.3, -0.25) is 24.0 Å². The van der Waals surface area contributed by atoms with Crippen molar-refractivity contribution in [2.45, 2.75) is 115 Å². The summed E-state index contributed by atoms with van der Waals surface area (Å²) in [7, 11) is -3.88. The molecule has 3 N–H and O–H groups in total. The van der Waals surface area contributed by atoms with Crippen molar-refractivity contribution in [1.82, 2.24) is 19.8 Å². The van der Waals surface area contributed by atoms with Crippen LogP contribution in [0.15, 0.2) is 42.5 Å². The molecule has 0 aromatic heterocycles. The number of amides is 4. The van der Waals surface area contributed by atoms with Gasteiger partial charge in [-0.1, -0.05) is 59.2 Å². The van der Waals surface area contributed by atoms with E-state index in [0.29, 0.717) is 56.9 Å². The van der Waals surface area contributed by atoms with Gasteiger partial charge in [-0.25, -0.2) is 17.6 Å². The molecule has 310 valence electrons. The van der Waals surface area contributed by atoms with E-state index >= 15 is 0 Å². The van der Waals surface area contributed by atoms with E-state index in [4.69, 9.17) is 14.2 Å². The van der Waals surface area contributed by atoms with Crippen LogP contribution in [-0.4, -0.2) is 97.4 Å². The minimum Gasteiger partial charge on any atom is -0.444 e. The second-order valence-corrected chi connectivity index (χ2v) is 19.9. The van der Waals surface area contributed by atoms with E-state index in [2.05, 4.69) is 22.3 Å². The summed E-state index contributed by atoms with van der Waals surface area (Å²) >= 11 is 0. The van der Waals surface area contributed by atoms with E-state index in [-0.39, 0.29) is 43.8 Å². The highest BCUT2D eigenvalue weighted by Crippen LogP contribution is 2.47. The van der Waals surface area contributed by atoms with Crippen LogP contribution in [0.25, 0.3) is 0 Å². The van der Waals surface area contributed by atoms with Gasteiger partial charge < -0.3 is 29.7 Å². The summed E-state index contributed by atoms with van der Waals surface area (Å²) in [6.07, 6.45) is 0.0906. The average Bonchev–Trinajstić information content (AvgIpc) is 4.03. The Labute approximate surface area is 333 Å². The highest BCUT2D eigenvalue weighted by molar-refractivity contribution is 7.91. The molecule has 2 aromatic rings. The maximum absolute atomic E-state index is 14.8. The van der Waals surface area contributed by atoms with Crippen LogP contribution in [-0.2, 0) is 58.3 Å². The smallest absolute Gasteiger partial charge is 0.410 e. The zero-order valence-corrected chi connectivity index (χ0v) is 34.1. The summed E-state index contributed by atoms with van der Waals surface area (Å²) < 4.78 is 58.9. The summed E-state index contributed by atoms with van der Waals surface area (Å²) in [4.78, 5) is 59.1. The summed E-state index contributed by atoms with van der Waals surface area (Å²) in [5.41, 5.74) is 0.922. The minimum atomic E-state index is -3.88. The number of hydrogen-bond acceptors (Lipinski definition) is 10. The average molecular weight is 812 g/mol. The fourth-order valence-corrected chi connectivity index (χ4v) is 9.42. The third kappa shape index (κ3) is 8.92. The molecular weight excluding hydrogens is 758 g/mol. The van der Waals surface area contributed by atoms with E-state index in [1.807, 2.05) is 52.0 Å². The Balaban J connectivity index is 1.10. The standard InChI is InChI=1S/C41H54FN5O9S/c1-6-28-17-41(28,37(50)45-57(52,53)32-12-13-32)44-35(48)33-16-31(56-38(51)46-18-26-10-11-29(42)15-27(26)19-46)20-47(33)36(49)34(39(2,3)4)43-30-9-7-8-25(14-30)21-54-22-40(5)23-55-24-40/h7-11,14-15,28,31-34,43H,6,12-13,16-24H2,1-5H3,(H,44,48)(H,45,50)/t28-,31-,33+,34-,41-/m1/s1. The molecule has 3 aliphatic heterocycles. The fraction of sp³-hybridized carbons (Fsp3) is 0.610. The van der Waals surface area contributed by atoms with E-state index in [1.54, 1.807) is 6.07 Å². The number of nitrogens with zero attached hydrogens (tertiary/aromatic N) is 2. The van der Waals surface area contributed by atoms with Crippen LogP contribution in [0.4, 0.5) is 14.9 Å². The topological polar surface area (TPSA) is 173 Å². The van der Waals surface area contributed by atoms with Gasteiger partial charge in [-0.15, -0.1) is 0 Å². The Kier molecular flexibility index (Phi) is 11.1. The third-order valence-electron chi connectivity index (χ3n) is 11.8. The fourth-order valence-electron chi connectivity index (χ4n) is 8.06. The number of sulfonamides is 1. The lowest BCUT2D eigenvalue weighted by molar-refractivity contribution is -0.141. The molecule has 5 atom stereocenters. The zero-order valence-electron chi connectivity index (χ0n) is 33.3. The molecule has 2 aromatic carbocycles. The largest absolute Gasteiger partial charge is 0.444 e. The van der Waals surface area contributed by atoms with Crippen molar-refractivity contribution < 1.29 is 46.2 Å². The maximum atomic E-state index is 14.8. The Hall–Kier alpha value is -4.28. The van der Waals surface area contributed by atoms with Crippen LogP contribution in [0.2, 0.25) is 0 Å². The van der Waals surface area contributed by atoms with Crippen molar-refractivity contribution >= 4 is 39.5 Å². The van der Waals surface area contributed by atoms with E-state index in [0.717, 1.165) is 11.1 Å². The predicted molar refractivity (Wildman–Crippen MR) is 207 cm³/mol. The van der Waals surface area contributed by atoms with Gasteiger partial charge in [0.25, 0.3) is 5.91 Å². The Morgan fingerprint density at radius 3 is 2.44 bits per heavy atom. The molecule has 5 aliphatic rings. The van der Waals surface area contributed by atoms with Crippen molar-refractivity contribution in [3.63, 3.8) is 0 Å². The van der Waals surface area contributed by atoms with E-state index in [1.165, 1.54) is 21.9 Å². The number of carbonyl (C=O) groups is 4. The number of nitrogens with one attached hydrogen (secondary N) is 3. The van der Waals surface area contributed by atoms with Crippen molar-refractivity contribution in [2.24, 2.45) is 16.7 Å². The molecule has 3 heterocycles. The second-order valence-electron chi connectivity index (χ2n) is 17.9. The second kappa shape index (κ2) is 15.5. The van der Waals surface area contributed by atoms with Crippen LogP contribution in [0.3, 0.4) is 0 Å². The number of anilines is 1. The molecule has 2 saturated carbocycles. The van der Waals surface area contributed by atoms with Gasteiger partial charge in [0, 0.05) is 30.6 Å². The van der Waals surface area contributed by atoms with Gasteiger partial charge in [0.1, 0.15) is 29.5 Å². The van der Waals surface area contributed by atoms with Gasteiger partial charge in [0.2, 0.25) is 21.8 Å². The molecule has 16 heteroatoms. The minimum absolute atomic E-state index is 0.00204. The molecule has 2 saturated heterocycles. The number of fused-ring (bicyclic) bond motifs is 1. The van der Waals surface area contributed by atoms with Crippen LogP contribution in [0.1, 0.15) is 83.4 Å². The lowest BCUT2D eigenvalue weighted by atomic mass is 9.85. The lowest BCUT2D eigenvalue weighted by Crippen LogP contribution is -2.58. The number of ether oxygens (including phenoxy) is 3. The van der Waals surface area contributed by atoms with Gasteiger partial charge in [-0.05, 0) is 71.6 Å². The highest BCUT2D eigenvalue weighted by atomic mass is 32.2. The first-order valence-corrected chi connectivity index (χ1v) is 21.4. The van der Waals surface area contributed by atoms with E-state index < -0.39 is 74.0 Å². The molecule has 4 fully saturated rings. The van der Waals surface area contributed by atoms with Crippen molar-refractivity contribution in [3.05, 3.63) is 65.0 Å². The number of halogens is 1. The molecule has 4 amide bonds. The number of rotatable bonds is 14. The SMILES string of the molecule is CC[C@@H]1C[C@]1(NC(=O)[C@@H]1C[C@@H](OC(=O)N2Cc3ccc(F)cc3C2)CN1C(=O)[C@@H](Nc1cccc(COCC2(C)COC2)c1)C(C)(C)C)C(=O)NS(=O)(=O)C1CC1. The molecule has 7 rings (SSSR count). The number of carbonyl (C=O) groups excluding carboxylic acids is 4. The molecule has 0 radical (unpaired) electrons. The molecular formula is C41H54FN5O9S. The monoisotopic (exact) mass is 811 g/mol. The van der Waals surface area contributed by atoms with Gasteiger partial charge >= 0.3 is 6.09 Å². The number of likely N-dealkylation sites (tertiary alicyclic amines) is 1. The molecule has 57 heavy (non-hydrogen) atoms. The van der Waals surface area contributed by atoms with E-state index in [9.17, 15) is 32.0 Å². The Bertz CT molecular complexity index is 2020. The molecule has 0 bridgehead atoms. The third-order valence-corrected chi connectivity index (χ3v) is 13.6. The zero-order chi connectivity index (χ0) is 40.9. The molecule has 14 nitrogen and oxygen atoms in total. The predicted octanol–water partition coefficient (Wildman–Crippen LogP) is 4.22. The van der Waals surface area contributed by atoms with Crippen LogP contribution in [0.5, 0.6) is 0 Å². The highest BCUT2D eigenvalue weighted by Gasteiger charge is 2.62. The Morgan fingerprint density at radius 2 is 1.79 bits per heavy atom. The first-order chi connectivity index (χ1) is 26.9. The van der Waals surface area contributed by atoms with Crippen molar-refractivity contribution in [1.29, 1.82) is 0 Å². The number of hydrogen-bond donors (Lipinski definition) is 3. The Morgan fingerprint density at radius 1 is 1.05 bits per heavy atom. The first-order valence-electron chi connectivity index (χ1n) is 19.8. The first kappa shape index (κ1) is 40.9. The summed E-state index contributed by atoms with van der Waals surface area (Å²) in [5.74, 6) is -2.55. The van der Waals surface area contributed by atoms with Crippen molar-refractivity contribution in [2.75, 3.05) is 31.7 Å². The maximum Gasteiger partial charge on any atom is 0.410 e. The normalized spacial score (nSPS) is 25.5. The molecule has 2 aliphatic carbocycles. The van der Waals surface area contributed by atoms with Gasteiger partial charge in [0.05, 0.1) is 38.2 Å². The van der Waals surface area contributed by atoms with Gasteiger partial charge in [-0.2, -0.15) is 0 Å². The molecule has 0 spiro atoms.